The summed E-state index contributed by atoms with van der Waals surface area (Å²) in [5, 5.41) is 3.09. The predicted molar refractivity (Wildman–Crippen MR) is 97.7 cm³/mol. The minimum atomic E-state index is -0.0497. The molecule has 138 valence electrons. The number of ether oxygens (including phenoxy) is 2. The number of nitrogens with one attached hydrogen (secondary N) is 1. The predicted octanol–water partition coefficient (Wildman–Crippen LogP) is 2.55. The molecule has 2 aliphatic heterocycles. The Morgan fingerprint density at radius 2 is 1.84 bits per heavy atom. The first-order valence-electron chi connectivity index (χ1n) is 9.14. The molecule has 1 aromatic rings. The van der Waals surface area contributed by atoms with Crippen LogP contribution in [-0.4, -0.2) is 66.9 Å². The molecular weight excluding hydrogens is 318 g/mol. The van der Waals surface area contributed by atoms with Crippen LogP contribution in [0.1, 0.15) is 26.3 Å². The quantitative estimate of drug-likeness (QED) is 0.913. The van der Waals surface area contributed by atoms with Crippen LogP contribution < -0.4 is 5.32 Å². The van der Waals surface area contributed by atoms with Crippen molar-refractivity contribution in [1.82, 2.24) is 9.80 Å². The molecule has 0 aromatic heterocycles. The topological polar surface area (TPSA) is 54.0 Å². The van der Waals surface area contributed by atoms with Gasteiger partial charge in [0.2, 0.25) is 0 Å². The maximum Gasteiger partial charge on any atom is 0.322 e. The highest BCUT2D eigenvalue weighted by atomic mass is 16.5. The number of anilines is 1. The summed E-state index contributed by atoms with van der Waals surface area (Å²) < 4.78 is 11.3. The van der Waals surface area contributed by atoms with E-state index < -0.39 is 0 Å². The number of benzene rings is 1. The zero-order valence-corrected chi connectivity index (χ0v) is 15.4. The maximum atomic E-state index is 12.6. The monoisotopic (exact) mass is 347 g/mol. The third-order valence-corrected chi connectivity index (χ3v) is 4.68. The van der Waals surface area contributed by atoms with Gasteiger partial charge in [0.15, 0.2) is 0 Å². The molecule has 3 atom stereocenters. The molecule has 6 nitrogen and oxygen atoms in total. The Kier molecular flexibility index (Phi) is 5.93. The van der Waals surface area contributed by atoms with Crippen molar-refractivity contribution < 1.29 is 14.3 Å². The Morgan fingerprint density at radius 1 is 1.12 bits per heavy atom. The van der Waals surface area contributed by atoms with E-state index in [1.165, 1.54) is 0 Å². The SMILES string of the molecule is C[C@H]1CN(C(=O)Nc2ccccc2CN2C[C@H](C)O[C@@H](C)C2)CCO1. The van der Waals surface area contributed by atoms with Gasteiger partial charge in [-0.1, -0.05) is 18.2 Å². The number of rotatable bonds is 3. The number of hydrogen-bond donors (Lipinski definition) is 1. The van der Waals surface area contributed by atoms with Crippen molar-refractivity contribution in [3.05, 3.63) is 29.8 Å². The summed E-state index contributed by atoms with van der Waals surface area (Å²) in [4.78, 5) is 16.8. The molecule has 3 rings (SSSR count). The van der Waals surface area contributed by atoms with Gasteiger partial charge < -0.3 is 19.7 Å². The summed E-state index contributed by atoms with van der Waals surface area (Å²) in [6, 6.07) is 8.00. The van der Waals surface area contributed by atoms with Gasteiger partial charge in [-0.3, -0.25) is 4.90 Å². The van der Waals surface area contributed by atoms with Gasteiger partial charge in [0, 0.05) is 38.4 Å². The summed E-state index contributed by atoms with van der Waals surface area (Å²) in [7, 11) is 0. The first-order valence-corrected chi connectivity index (χ1v) is 9.14. The van der Waals surface area contributed by atoms with Crippen LogP contribution in [0, 0.1) is 0 Å². The number of nitrogens with zero attached hydrogens (tertiary/aromatic N) is 2. The molecular formula is C19H29N3O3. The normalized spacial score (nSPS) is 28.0. The summed E-state index contributed by atoms with van der Waals surface area (Å²) in [5.41, 5.74) is 2.02. The number of amides is 2. The van der Waals surface area contributed by atoms with E-state index in [1.54, 1.807) is 0 Å². The van der Waals surface area contributed by atoms with Crippen LogP contribution in [0.25, 0.3) is 0 Å². The molecule has 0 unspecified atom stereocenters. The third-order valence-electron chi connectivity index (χ3n) is 4.68. The van der Waals surface area contributed by atoms with E-state index in [-0.39, 0.29) is 24.3 Å². The van der Waals surface area contributed by atoms with Crippen molar-refractivity contribution in [2.45, 2.75) is 45.6 Å². The van der Waals surface area contributed by atoms with Gasteiger partial charge in [-0.15, -0.1) is 0 Å². The molecule has 0 spiro atoms. The van der Waals surface area contributed by atoms with Crippen molar-refractivity contribution >= 4 is 11.7 Å². The van der Waals surface area contributed by atoms with Crippen molar-refractivity contribution in [1.29, 1.82) is 0 Å². The molecule has 0 bridgehead atoms. The Bertz CT molecular complexity index is 585. The molecule has 2 amide bonds. The fourth-order valence-electron chi connectivity index (χ4n) is 3.63. The second-order valence-corrected chi connectivity index (χ2v) is 7.17. The van der Waals surface area contributed by atoms with Crippen molar-refractivity contribution in [2.24, 2.45) is 0 Å². The van der Waals surface area contributed by atoms with Crippen LogP contribution in [0.15, 0.2) is 24.3 Å². The second kappa shape index (κ2) is 8.17. The molecule has 2 saturated heterocycles. The van der Waals surface area contributed by atoms with E-state index >= 15 is 0 Å². The number of urea groups is 1. The van der Waals surface area contributed by atoms with E-state index in [2.05, 4.69) is 30.1 Å². The van der Waals surface area contributed by atoms with Crippen LogP contribution in [0.5, 0.6) is 0 Å². The minimum Gasteiger partial charge on any atom is -0.375 e. The highest BCUT2D eigenvalue weighted by molar-refractivity contribution is 5.90. The number of morpholine rings is 2. The third kappa shape index (κ3) is 4.93. The summed E-state index contributed by atoms with van der Waals surface area (Å²) in [5.74, 6) is 0. The van der Waals surface area contributed by atoms with Gasteiger partial charge in [-0.2, -0.15) is 0 Å². The molecule has 0 radical (unpaired) electrons. The molecule has 2 aliphatic rings. The smallest absolute Gasteiger partial charge is 0.322 e. The fourth-order valence-corrected chi connectivity index (χ4v) is 3.63. The maximum absolute atomic E-state index is 12.6. The molecule has 1 N–H and O–H groups in total. The molecule has 2 fully saturated rings. The highest BCUT2D eigenvalue weighted by Gasteiger charge is 2.24. The summed E-state index contributed by atoms with van der Waals surface area (Å²) in [6.07, 6.45) is 0.562. The highest BCUT2D eigenvalue weighted by Crippen LogP contribution is 2.21. The average Bonchev–Trinajstić information content (AvgIpc) is 2.55. The van der Waals surface area contributed by atoms with Crippen molar-refractivity contribution in [3.63, 3.8) is 0 Å². The Morgan fingerprint density at radius 3 is 2.56 bits per heavy atom. The lowest BCUT2D eigenvalue weighted by atomic mass is 10.1. The van der Waals surface area contributed by atoms with E-state index in [4.69, 9.17) is 9.47 Å². The van der Waals surface area contributed by atoms with Gasteiger partial charge in [-0.05, 0) is 32.4 Å². The van der Waals surface area contributed by atoms with E-state index in [0.717, 1.165) is 30.9 Å². The second-order valence-electron chi connectivity index (χ2n) is 7.17. The van der Waals surface area contributed by atoms with Crippen molar-refractivity contribution in [3.8, 4) is 0 Å². The first kappa shape index (κ1) is 18.2. The zero-order chi connectivity index (χ0) is 17.8. The van der Waals surface area contributed by atoms with Crippen molar-refractivity contribution in [2.75, 3.05) is 38.1 Å². The Hall–Kier alpha value is -1.63. The van der Waals surface area contributed by atoms with Gasteiger partial charge >= 0.3 is 6.03 Å². The van der Waals surface area contributed by atoms with E-state index in [0.29, 0.717) is 19.7 Å². The van der Waals surface area contributed by atoms with Gasteiger partial charge in [0.25, 0.3) is 0 Å². The first-order chi connectivity index (χ1) is 12.0. The van der Waals surface area contributed by atoms with Crippen LogP contribution in [0.3, 0.4) is 0 Å². The largest absolute Gasteiger partial charge is 0.375 e. The van der Waals surface area contributed by atoms with Crippen LogP contribution in [0.2, 0.25) is 0 Å². The van der Waals surface area contributed by atoms with Gasteiger partial charge in [-0.25, -0.2) is 4.79 Å². The molecule has 25 heavy (non-hydrogen) atoms. The summed E-state index contributed by atoms with van der Waals surface area (Å²) in [6.45, 7) is 10.7. The lowest BCUT2D eigenvalue weighted by Gasteiger charge is -2.35. The van der Waals surface area contributed by atoms with Crippen LogP contribution in [0.4, 0.5) is 10.5 Å². The Balaban J connectivity index is 1.65. The van der Waals surface area contributed by atoms with Gasteiger partial charge in [0.1, 0.15) is 0 Å². The molecule has 0 aliphatic carbocycles. The average molecular weight is 347 g/mol. The standard InChI is InChI=1S/C19H29N3O3/c1-14-12-22(8-9-24-14)19(23)20-18-7-5-4-6-17(18)13-21-10-15(2)25-16(3)11-21/h4-7,14-16H,8-13H2,1-3H3,(H,20,23)/t14-,15-,16-/m0/s1. The fraction of sp³-hybridized carbons (Fsp3) is 0.632. The number of para-hydroxylation sites is 1. The summed E-state index contributed by atoms with van der Waals surface area (Å²) >= 11 is 0. The zero-order valence-electron chi connectivity index (χ0n) is 15.4. The van der Waals surface area contributed by atoms with Crippen LogP contribution in [-0.2, 0) is 16.0 Å². The molecule has 2 heterocycles. The number of hydrogen-bond acceptors (Lipinski definition) is 4. The van der Waals surface area contributed by atoms with Crippen LogP contribution >= 0.6 is 0 Å². The molecule has 6 heteroatoms. The minimum absolute atomic E-state index is 0.0497. The molecule has 0 saturated carbocycles. The molecule has 1 aromatic carbocycles. The number of carbonyl (C=O) groups is 1. The van der Waals surface area contributed by atoms with Gasteiger partial charge in [0.05, 0.1) is 24.9 Å². The number of carbonyl (C=O) groups excluding carboxylic acids is 1. The lowest BCUT2D eigenvalue weighted by molar-refractivity contribution is -0.0704. The van der Waals surface area contributed by atoms with E-state index in [9.17, 15) is 4.79 Å². The lowest BCUT2D eigenvalue weighted by Crippen LogP contribution is -2.46. The Labute approximate surface area is 150 Å². The van der Waals surface area contributed by atoms with E-state index in [1.807, 2.05) is 30.0 Å².